The molecule has 1 aliphatic rings. The van der Waals surface area contributed by atoms with Crippen LogP contribution in [0.1, 0.15) is 19.8 Å². The zero-order valence-corrected chi connectivity index (χ0v) is 11.0. The highest BCUT2D eigenvalue weighted by atomic mass is 32.2. The average Bonchev–Trinajstić information content (AvgIpc) is 2.25. The van der Waals surface area contributed by atoms with Gasteiger partial charge in [-0.25, -0.2) is 0 Å². The minimum absolute atomic E-state index is 0.174. The molecule has 2 unspecified atom stereocenters. The van der Waals surface area contributed by atoms with Crippen LogP contribution in [0, 0.1) is 0 Å². The van der Waals surface area contributed by atoms with E-state index in [4.69, 9.17) is 10.5 Å². The lowest BCUT2D eigenvalue weighted by molar-refractivity contribution is -0.0542. The minimum atomic E-state index is 0.174. The van der Waals surface area contributed by atoms with Gasteiger partial charge in [0.2, 0.25) is 0 Å². The van der Waals surface area contributed by atoms with E-state index in [0.717, 1.165) is 32.5 Å². The van der Waals surface area contributed by atoms with Crippen molar-refractivity contribution in [1.82, 2.24) is 4.90 Å². The maximum atomic E-state index is 5.97. The Morgan fingerprint density at radius 3 is 2.87 bits per heavy atom. The molecule has 1 fully saturated rings. The molecule has 1 saturated heterocycles. The van der Waals surface area contributed by atoms with Crippen molar-refractivity contribution >= 4 is 11.8 Å². The molecule has 3 nitrogen and oxygen atoms in total. The first-order valence-corrected chi connectivity index (χ1v) is 7.06. The molecule has 0 bridgehead atoms. The summed E-state index contributed by atoms with van der Waals surface area (Å²) in [6.45, 7) is 4.85. The Kier molecular flexibility index (Phi) is 5.39. The number of thioether (sulfide) groups is 1. The molecule has 0 aliphatic carbocycles. The topological polar surface area (TPSA) is 38.5 Å². The van der Waals surface area contributed by atoms with E-state index in [0.29, 0.717) is 6.10 Å². The molecular weight excluding hydrogens is 208 g/mol. The van der Waals surface area contributed by atoms with Gasteiger partial charge < -0.3 is 10.5 Å². The Bertz CT molecular complexity index is 191. The zero-order chi connectivity index (χ0) is 11.3. The Labute approximate surface area is 97.7 Å². The Hall–Kier alpha value is 0.230. The highest BCUT2D eigenvalue weighted by molar-refractivity contribution is 7.98. The number of nitrogens with two attached hydrogens (primary N) is 1. The van der Waals surface area contributed by atoms with Crippen LogP contribution in [0.5, 0.6) is 0 Å². The van der Waals surface area contributed by atoms with Crippen molar-refractivity contribution in [1.29, 1.82) is 0 Å². The summed E-state index contributed by atoms with van der Waals surface area (Å²) in [6, 6.07) is 0. The predicted octanol–water partition coefficient (Wildman–Crippen LogP) is 1.18. The quantitative estimate of drug-likeness (QED) is 0.772. The fraction of sp³-hybridized carbons (Fsp3) is 1.00. The fourth-order valence-electron chi connectivity index (χ4n) is 2.30. The standard InChI is InChI=1S/C11H24N2OS/c1-10-8-11(9-12,4-6-14-10)13(2)5-7-15-3/h10H,4-9,12H2,1-3H3. The lowest BCUT2D eigenvalue weighted by Gasteiger charge is -2.46. The van der Waals surface area contributed by atoms with Crippen LogP contribution >= 0.6 is 11.8 Å². The van der Waals surface area contributed by atoms with Gasteiger partial charge in [0.25, 0.3) is 0 Å². The van der Waals surface area contributed by atoms with Crippen molar-refractivity contribution in [2.24, 2.45) is 5.73 Å². The van der Waals surface area contributed by atoms with Crippen LogP contribution in [0.15, 0.2) is 0 Å². The van der Waals surface area contributed by atoms with Crippen molar-refractivity contribution in [3.05, 3.63) is 0 Å². The number of rotatable bonds is 5. The second-order valence-corrected chi connectivity index (χ2v) is 5.46. The first-order chi connectivity index (χ1) is 7.14. The average molecular weight is 232 g/mol. The summed E-state index contributed by atoms with van der Waals surface area (Å²) in [7, 11) is 2.20. The SMILES string of the molecule is CSCCN(C)C1(CN)CCOC(C)C1. The van der Waals surface area contributed by atoms with Gasteiger partial charge in [-0.2, -0.15) is 11.8 Å². The van der Waals surface area contributed by atoms with E-state index in [9.17, 15) is 0 Å². The molecule has 0 aromatic rings. The molecule has 0 amide bonds. The van der Waals surface area contributed by atoms with Gasteiger partial charge in [-0.05, 0) is 33.1 Å². The molecule has 0 aromatic heterocycles. The molecule has 0 aromatic carbocycles. The second kappa shape index (κ2) is 6.09. The van der Waals surface area contributed by atoms with E-state index in [1.807, 2.05) is 11.8 Å². The van der Waals surface area contributed by atoms with Crippen molar-refractivity contribution < 1.29 is 4.74 Å². The van der Waals surface area contributed by atoms with Gasteiger partial charge in [0, 0.05) is 31.0 Å². The zero-order valence-electron chi connectivity index (χ0n) is 10.2. The number of likely N-dealkylation sites (N-methyl/N-ethyl adjacent to an activating group) is 1. The summed E-state index contributed by atoms with van der Waals surface area (Å²) >= 11 is 1.89. The molecule has 0 saturated carbocycles. The van der Waals surface area contributed by atoms with Crippen molar-refractivity contribution in [2.45, 2.75) is 31.4 Å². The molecule has 2 N–H and O–H groups in total. The molecule has 90 valence electrons. The lowest BCUT2D eigenvalue weighted by Crippen LogP contribution is -2.57. The van der Waals surface area contributed by atoms with Crippen LogP contribution in [0.3, 0.4) is 0 Å². The van der Waals surface area contributed by atoms with Crippen molar-refractivity contribution in [2.75, 3.05) is 38.8 Å². The fourth-order valence-corrected chi connectivity index (χ4v) is 2.76. The maximum absolute atomic E-state index is 5.97. The Morgan fingerprint density at radius 2 is 2.33 bits per heavy atom. The number of hydrogen-bond donors (Lipinski definition) is 1. The first kappa shape index (κ1) is 13.3. The Balaban J connectivity index is 2.57. The van der Waals surface area contributed by atoms with E-state index >= 15 is 0 Å². The van der Waals surface area contributed by atoms with E-state index in [1.54, 1.807) is 0 Å². The minimum Gasteiger partial charge on any atom is -0.378 e. The van der Waals surface area contributed by atoms with Crippen LogP contribution in [-0.2, 0) is 4.74 Å². The number of ether oxygens (including phenoxy) is 1. The van der Waals surface area contributed by atoms with Crippen molar-refractivity contribution in [3.63, 3.8) is 0 Å². The molecule has 0 spiro atoms. The molecule has 1 rings (SSSR count). The number of nitrogens with zero attached hydrogens (tertiary/aromatic N) is 1. The van der Waals surface area contributed by atoms with Gasteiger partial charge in [0.05, 0.1) is 6.10 Å². The molecule has 4 heteroatoms. The monoisotopic (exact) mass is 232 g/mol. The van der Waals surface area contributed by atoms with Crippen LogP contribution in [0.25, 0.3) is 0 Å². The van der Waals surface area contributed by atoms with Gasteiger partial charge in [0.15, 0.2) is 0 Å². The normalized spacial score (nSPS) is 32.2. The van der Waals surface area contributed by atoms with E-state index in [1.165, 1.54) is 5.75 Å². The summed E-state index contributed by atoms with van der Waals surface area (Å²) in [5.41, 5.74) is 6.14. The number of hydrogen-bond acceptors (Lipinski definition) is 4. The smallest absolute Gasteiger partial charge is 0.0565 e. The van der Waals surface area contributed by atoms with Gasteiger partial charge in [0.1, 0.15) is 0 Å². The third kappa shape index (κ3) is 3.34. The van der Waals surface area contributed by atoms with Gasteiger partial charge in [-0.15, -0.1) is 0 Å². The van der Waals surface area contributed by atoms with E-state index in [-0.39, 0.29) is 5.54 Å². The second-order valence-electron chi connectivity index (χ2n) is 4.48. The van der Waals surface area contributed by atoms with E-state index < -0.39 is 0 Å². The highest BCUT2D eigenvalue weighted by Crippen LogP contribution is 2.29. The third-order valence-corrected chi connectivity index (χ3v) is 4.05. The molecule has 15 heavy (non-hydrogen) atoms. The summed E-state index contributed by atoms with van der Waals surface area (Å²) in [5, 5.41) is 0. The summed E-state index contributed by atoms with van der Waals surface area (Å²) < 4.78 is 5.60. The van der Waals surface area contributed by atoms with Crippen LogP contribution in [0.2, 0.25) is 0 Å². The molecule has 2 atom stereocenters. The highest BCUT2D eigenvalue weighted by Gasteiger charge is 2.37. The lowest BCUT2D eigenvalue weighted by atomic mass is 9.85. The Morgan fingerprint density at radius 1 is 1.60 bits per heavy atom. The maximum Gasteiger partial charge on any atom is 0.0565 e. The third-order valence-electron chi connectivity index (χ3n) is 3.46. The van der Waals surface area contributed by atoms with Crippen LogP contribution in [-0.4, -0.2) is 55.3 Å². The molecule has 1 heterocycles. The first-order valence-electron chi connectivity index (χ1n) is 5.66. The summed E-state index contributed by atoms with van der Waals surface area (Å²) in [5.74, 6) is 1.17. The van der Waals surface area contributed by atoms with Gasteiger partial charge in [-0.3, -0.25) is 4.90 Å². The summed E-state index contributed by atoms with van der Waals surface area (Å²) in [4.78, 5) is 2.43. The van der Waals surface area contributed by atoms with E-state index in [2.05, 4.69) is 25.1 Å². The summed E-state index contributed by atoms with van der Waals surface area (Å²) in [6.07, 6.45) is 4.63. The predicted molar refractivity (Wildman–Crippen MR) is 67.4 cm³/mol. The molecule has 0 radical (unpaired) electrons. The molecular formula is C11H24N2OS. The van der Waals surface area contributed by atoms with Gasteiger partial charge in [-0.1, -0.05) is 0 Å². The van der Waals surface area contributed by atoms with Crippen LogP contribution in [0.4, 0.5) is 0 Å². The van der Waals surface area contributed by atoms with Crippen molar-refractivity contribution in [3.8, 4) is 0 Å². The van der Waals surface area contributed by atoms with Gasteiger partial charge >= 0.3 is 0 Å². The van der Waals surface area contributed by atoms with Crippen LogP contribution < -0.4 is 5.73 Å². The molecule has 1 aliphatic heterocycles. The largest absolute Gasteiger partial charge is 0.378 e.